The number of hydrogen-bond donors (Lipinski definition) is 9. The minimum atomic E-state index is -4.72. The Hall–Kier alpha value is -3.24. The highest BCUT2D eigenvalue weighted by molar-refractivity contribution is 7.46. The van der Waals surface area contributed by atoms with Crippen LogP contribution in [0.15, 0.2) is 12.7 Å². The average molecular weight is 676 g/mol. The Kier molecular flexibility index (Phi) is 16.0. The number of nitrogens with two attached hydrogens (primary N) is 2. The second kappa shape index (κ2) is 17.3. The lowest BCUT2D eigenvalue weighted by atomic mass is 10.1. The number of fused-ring (bicyclic) bond motifs is 1. The van der Waals surface area contributed by atoms with Crippen LogP contribution in [0.5, 0.6) is 0 Å². The molecule has 2 aromatic rings. The highest BCUT2D eigenvalue weighted by atomic mass is 35.5. The third kappa shape index (κ3) is 14.0. The van der Waals surface area contributed by atoms with Gasteiger partial charge in [-0.3, -0.25) is 19.3 Å². The molecular formula is C21H39ClN9O12P. The van der Waals surface area contributed by atoms with Gasteiger partial charge in [-0.15, -0.1) is 12.4 Å². The molecule has 1 aliphatic heterocycles. The van der Waals surface area contributed by atoms with Crippen molar-refractivity contribution in [1.29, 1.82) is 5.41 Å². The van der Waals surface area contributed by atoms with E-state index in [4.69, 9.17) is 41.6 Å². The topological polar surface area (TPSA) is 337 Å². The largest absolute Gasteiger partial charge is 0.550 e. The van der Waals surface area contributed by atoms with E-state index in [2.05, 4.69) is 19.5 Å². The molecule has 252 valence electrons. The third-order valence-electron chi connectivity index (χ3n) is 5.35. The van der Waals surface area contributed by atoms with E-state index in [1.165, 1.54) is 24.3 Å². The summed E-state index contributed by atoms with van der Waals surface area (Å²) in [6.45, 7) is -0.397. The Morgan fingerprint density at radius 1 is 1.25 bits per heavy atom. The molecule has 44 heavy (non-hydrogen) atoms. The van der Waals surface area contributed by atoms with Crippen molar-refractivity contribution in [1.82, 2.24) is 24.4 Å². The number of anilines is 1. The maximum atomic E-state index is 10.7. The lowest BCUT2D eigenvalue weighted by Crippen LogP contribution is -2.43. The van der Waals surface area contributed by atoms with Crippen LogP contribution in [0.1, 0.15) is 12.6 Å². The number of quaternary nitrogens is 1. The smallest absolute Gasteiger partial charge is 0.469 e. The number of imidazole rings is 1. The third-order valence-corrected chi connectivity index (χ3v) is 5.84. The quantitative estimate of drug-likeness (QED) is 0.0497. The molecule has 0 aliphatic carbocycles. The molecule has 3 rings (SSSR count). The number of aliphatic carboxylic acids is 2. The molecule has 1 fully saturated rings. The number of carboxylic acids is 2. The summed E-state index contributed by atoms with van der Waals surface area (Å²) in [5.74, 6) is -2.29. The van der Waals surface area contributed by atoms with Crippen LogP contribution in [0.4, 0.5) is 5.82 Å². The van der Waals surface area contributed by atoms with Gasteiger partial charge in [0.25, 0.3) is 0 Å². The molecule has 0 amide bonds. The van der Waals surface area contributed by atoms with Gasteiger partial charge in [0.1, 0.15) is 49.3 Å². The van der Waals surface area contributed by atoms with Gasteiger partial charge < -0.3 is 65.7 Å². The molecule has 5 atom stereocenters. The first-order valence-electron chi connectivity index (χ1n) is 12.2. The summed E-state index contributed by atoms with van der Waals surface area (Å²) in [5, 5.41) is 54.1. The summed E-state index contributed by atoms with van der Waals surface area (Å²) in [6.07, 6.45) is -3.58. The minimum absolute atomic E-state index is 0. The monoisotopic (exact) mass is 675 g/mol. The summed E-state index contributed by atoms with van der Waals surface area (Å²) >= 11 is 0. The normalized spacial score (nSPS) is 20.3. The van der Waals surface area contributed by atoms with Crippen molar-refractivity contribution >= 4 is 55.1 Å². The van der Waals surface area contributed by atoms with E-state index in [0.717, 1.165) is 4.90 Å². The van der Waals surface area contributed by atoms with Gasteiger partial charge in [0, 0.05) is 19.4 Å². The van der Waals surface area contributed by atoms with Crippen LogP contribution in [-0.2, 0) is 23.4 Å². The first-order chi connectivity index (χ1) is 19.6. The van der Waals surface area contributed by atoms with Crippen LogP contribution >= 0.6 is 20.2 Å². The average Bonchev–Trinajstić information content (AvgIpc) is 3.38. The lowest BCUT2D eigenvalue weighted by molar-refractivity contribution is -0.873. The van der Waals surface area contributed by atoms with Crippen LogP contribution in [0.25, 0.3) is 11.2 Å². The number of halogens is 1. The van der Waals surface area contributed by atoms with Crippen molar-refractivity contribution in [3.8, 4) is 0 Å². The Morgan fingerprint density at radius 2 is 1.84 bits per heavy atom. The number of rotatable bonds is 10. The summed E-state index contributed by atoms with van der Waals surface area (Å²) < 4.78 is 22.4. The van der Waals surface area contributed by atoms with Gasteiger partial charge in [0.2, 0.25) is 0 Å². The van der Waals surface area contributed by atoms with Crippen LogP contribution in [0, 0.1) is 5.41 Å². The van der Waals surface area contributed by atoms with E-state index in [1.807, 2.05) is 21.1 Å². The Bertz CT molecular complexity index is 1290. The Labute approximate surface area is 257 Å². The fraction of sp³-hybridized carbons (Fsp3) is 0.619. The van der Waals surface area contributed by atoms with E-state index in [-0.39, 0.29) is 42.8 Å². The zero-order valence-corrected chi connectivity index (χ0v) is 25.9. The number of carboxylic acid groups (broad SMARTS) is 2. The number of likely N-dealkylation sites (N-methyl/N-ethyl adjacent to an activating group) is 2. The van der Waals surface area contributed by atoms with Crippen molar-refractivity contribution in [2.75, 3.05) is 53.6 Å². The summed E-state index contributed by atoms with van der Waals surface area (Å²) in [5.41, 5.74) is 11.2. The second-order valence-corrected chi connectivity index (χ2v) is 11.5. The van der Waals surface area contributed by atoms with Crippen molar-refractivity contribution < 1.29 is 63.2 Å². The van der Waals surface area contributed by atoms with Gasteiger partial charge in [-0.05, 0) is 0 Å². The van der Waals surface area contributed by atoms with E-state index < -0.39 is 57.0 Å². The number of hydrogen-bond acceptors (Lipinski definition) is 14. The first-order valence-corrected chi connectivity index (χ1v) is 13.8. The van der Waals surface area contributed by atoms with Crippen LogP contribution in [0.2, 0.25) is 0 Å². The second-order valence-electron chi connectivity index (χ2n) is 10.3. The maximum absolute atomic E-state index is 10.7. The number of carbonyl (C=O) groups is 2. The molecule has 0 saturated carbocycles. The zero-order valence-electron chi connectivity index (χ0n) is 24.2. The number of aliphatic hydroxyl groups excluding tert-OH is 3. The molecule has 1 unspecified atom stereocenters. The van der Waals surface area contributed by atoms with Gasteiger partial charge in [-0.1, -0.05) is 0 Å². The van der Waals surface area contributed by atoms with Crippen molar-refractivity contribution in [2.45, 2.75) is 37.1 Å². The fourth-order valence-electron chi connectivity index (χ4n) is 3.50. The van der Waals surface area contributed by atoms with E-state index in [0.29, 0.717) is 16.5 Å². The number of nitrogens with one attached hydrogen (secondary N) is 1. The van der Waals surface area contributed by atoms with Crippen molar-refractivity contribution in [3.63, 3.8) is 0 Å². The van der Waals surface area contributed by atoms with Gasteiger partial charge in [0.15, 0.2) is 23.7 Å². The SMILES string of the molecule is CN(CC(=O)O)C(=N)N.C[N+](C)(C)CC(O)CC(=O)[O-].Cl.Nc1ncnc2c1ncn2[C@@H]1O[C@H](COP(=O)(O)O)[C@@H](O)[C@H]1O. The molecule has 11 N–H and O–H groups in total. The molecule has 3 heterocycles. The standard InChI is InChI=1S/C10H14N5O7P.C7H15NO3.C4H9N3O2.ClH/c11-8-5-9(13-2-12-8)15(3-14-5)10-7(17)6(16)4(22-10)1-21-23(18,19)20;1-8(2,3)5-6(9)4-7(10)11;1-7(4(5)6)2-3(8)9;/h2-4,6-7,10,16-17H,1H2,(H2,11,12,13)(H2,18,19,20);6,9H,4-5H2,1-3H3;2H2,1H3,(H3,5,6)(H,8,9);1H/t4-,6-,7-,10-;;;/m1.../s1. The molecule has 0 bridgehead atoms. The van der Waals surface area contributed by atoms with Gasteiger partial charge in [-0.2, -0.15) is 0 Å². The number of ether oxygens (including phenoxy) is 1. The van der Waals surface area contributed by atoms with Gasteiger partial charge >= 0.3 is 13.8 Å². The number of aromatic nitrogens is 4. The lowest BCUT2D eigenvalue weighted by Gasteiger charge is -2.26. The van der Waals surface area contributed by atoms with E-state index in [1.54, 1.807) is 0 Å². The fourth-order valence-corrected chi connectivity index (χ4v) is 3.84. The highest BCUT2D eigenvalue weighted by Crippen LogP contribution is 2.38. The van der Waals surface area contributed by atoms with E-state index in [9.17, 15) is 29.5 Å². The van der Waals surface area contributed by atoms with Crippen LogP contribution in [-0.4, -0.2) is 149 Å². The molecule has 1 aliphatic rings. The van der Waals surface area contributed by atoms with Gasteiger partial charge in [-0.25, -0.2) is 19.5 Å². The molecule has 0 radical (unpaired) electrons. The zero-order chi connectivity index (χ0) is 33.3. The number of guanidine groups is 1. The number of phosphoric acid groups is 1. The highest BCUT2D eigenvalue weighted by Gasteiger charge is 2.45. The van der Waals surface area contributed by atoms with Crippen molar-refractivity contribution in [2.24, 2.45) is 5.73 Å². The molecule has 0 aromatic carbocycles. The predicted molar refractivity (Wildman–Crippen MR) is 152 cm³/mol. The minimum Gasteiger partial charge on any atom is -0.550 e. The number of carbonyl (C=O) groups excluding carboxylic acids is 1. The number of nitrogen functional groups attached to an aromatic ring is 1. The number of phosphoric ester groups is 1. The molecular weight excluding hydrogens is 637 g/mol. The predicted octanol–water partition coefficient (Wildman–Crippen LogP) is -4.35. The first kappa shape index (κ1) is 40.8. The molecule has 1 saturated heterocycles. The summed E-state index contributed by atoms with van der Waals surface area (Å²) in [4.78, 5) is 50.3. The van der Waals surface area contributed by atoms with Crippen molar-refractivity contribution in [3.05, 3.63) is 12.7 Å². The van der Waals surface area contributed by atoms with E-state index >= 15 is 0 Å². The maximum Gasteiger partial charge on any atom is 0.469 e. The Morgan fingerprint density at radius 3 is 2.30 bits per heavy atom. The number of aliphatic hydroxyl groups is 3. The van der Waals surface area contributed by atoms with Gasteiger partial charge in [0.05, 0.1) is 34.1 Å². The summed E-state index contributed by atoms with van der Waals surface area (Å²) in [7, 11) is 2.38. The van der Waals surface area contributed by atoms with Crippen LogP contribution in [0.3, 0.4) is 0 Å². The molecule has 23 heteroatoms. The Balaban J connectivity index is 0.000000740. The molecule has 2 aromatic heterocycles. The molecule has 21 nitrogen and oxygen atoms in total. The van der Waals surface area contributed by atoms with Crippen LogP contribution < -0.4 is 16.6 Å². The summed E-state index contributed by atoms with van der Waals surface area (Å²) in [6, 6.07) is 0. The number of nitrogens with zero attached hydrogens (tertiary/aromatic N) is 6. The molecule has 0 spiro atoms.